The minimum absolute atomic E-state index is 0.149. The van der Waals surface area contributed by atoms with Gasteiger partial charge in [-0.1, -0.05) is 30.2 Å². The Morgan fingerprint density at radius 3 is 2.31 bits per heavy atom. The summed E-state index contributed by atoms with van der Waals surface area (Å²) in [7, 11) is 0. The van der Waals surface area contributed by atoms with Crippen LogP contribution in [0.15, 0.2) is 24.3 Å². The Balaban J connectivity index is 1.24. The first-order valence-electron chi connectivity index (χ1n) is 10.7. The standard InChI is InChI=1S/C24H30N2O3/c1-2-3-14-29-23(28)26-13-10-24(18-26)8-11-25(12-9-24)22(27)17-19-15-20-6-4-5-7-21(20)16-19/h4-7,19H,8-18H2,1H3. The lowest BCUT2D eigenvalue weighted by Crippen LogP contribution is -2.45. The lowest BCUT2D eigenvalue weighted by atomic mass is 9.77. The summed E-state index contributed by atoms with van der Waals surface area (Å²) in [6.45, 7) is 4.99. The number of likely N-dealkylation sites (tertiary alicyclic amines) is 2. The van der Waals surface area contributed by atoms with Crippen molar-refractivity contribution in [2.75, 3.05) is 32.8 Å². The Labute approximate surface area is 173 Å². The highest BCUT2D eigenvalue weighted by Gasteiger charge is 2.43. The van der Waals surface area contributed by atoms with Crippen molar-refractivity contribution in [3.8, 4) is 11.8 Å². The summed E-state index contributed by atoms with van der Waals surface area (Å²) in [5.41, 5.74) is 2.96. The molecule has 29 heavy (non-hydrogen) atoms. The fourth-order valence-corrected chi connectivity index (χ4v) is 5.16. The largest absolute Gasteiger partial charge is 0.436 e. The summed E-state index contributed by atoms with van der Waals surface area (Å²) < 4.78 is 5.21. The zero-order valence-electron chi connectivity index (χ0n) is 17.3. The van der Waals surface area contributed by atoms with Crippen LogP contribution < -0.4 is 0 Å². The maximum Gasteiger partial charge on any atom is 0.410 e. The molecule has 2 heterocycles. The van der Waals surface area contributed by atoms with Crippen molar-refractivity contribution in [2.24, 2.45) is 11.3 Å². The molecule has 0 saturated carbocycles. The van der Waals surface area contributed by atoms with Gasteiger partial charge >= 0.3 is 6.09 Å². The average molecular weight is 395 g/mol. The van der Waals surface area contributed by atoms with Gasteiger partial charge in [-0.25, -0.2) is 4.79 Å². The van der Waals surface area contributed by atoms with Gasteiger partial charge < -0.3 is 14.5 Å². The van der Waals surface area contributed by atoms with E-state index < -0.39 is 0 Å². The predicted molar refractivity (Wildman–Crippen MR) is 111 cm³/mol. The van der Waals surface area contributed by atoms with Gasteiger partial charge in [0, 0.05) is 32.6 Å². The van der Waals surface area contributed by atoms with E-state index in [0.717, 1.165) is 58.3 Å². The molecule has 0 bridgehead atoms. The number of ether oxygens (including phenoxy) is 1. The third-order valence-electron chi connectivity index (χ3n) is 6.92. The van der Waals surface area contributed by atoms with E-state index in [1.165, 1.54) is 11.1 Å². The van der Waals surface area contributed by atoms with Crippen LogP contribution in [0.4, 0.5) is 4.79 Å². The Bertz CT molecular complexity index is 805. The van der Waals surface area contributed by atoms with Crippen LogP contribution in [0.3, 0.4) is 0 Å². The van der Waals surface area contributed by atoms with E-state index in [0.29, 0.717) is 18.2 Å². The molecule has 2 aliphatic heterocycles. The molecule has 154 valence electrons. The summed E-state index contributed by atoms with van der Waals surface area (Å²) >= 11 is 0. The van der Waals surface area contributed by atoms with Gasteiger partial charge in [0.05, 0.1) is 0 Å². The van der Waals surface area contributed by atoms with Crippen LogP contribution in [-0.4, -0.2) is 54.6 Å². The normalized spacial score (nSPS) is 20.3. The van der Waals surface area contributed by atoms with Gasteiger partial charge in [-0.05, 0) is 61.5 Å². The molecular formula is C24H30N2O3. The van der Waals surface area contributed by atoms with Gasteiger partial charge in [0.2, 0.25) is 5.91 Å². The van der Waals surface area contributed by atoms with Crippen LogP contribution in [0, 0.1) is 23.2 Å². The highest BCUT2D eigenvalue weighted by Crippen LogP contribution is 2.41. The maximum atomic E-state index is 12.9. The Morgan fingerprint density at radius 1 is 1.07 bits per heavy atom. The molecular weight excluding hydrogens is 364 g/mol. The van der Waals surface area contributed by atoms with E-state index in [1.807, 2.05) is 9.80 Å². The maximum absolute atomic E-state index is 12.9. The number of fused-ring (bicyclic) bond motifs is 1. The SMILES string of the molecule is CC#CCOC(=O)N1CCC2(CCN(C(=O)CC3Cc4ccccc4C3)CC2)C1. The second-order valence-corrected chi connectivity index (χ2v) is 8.78. The Kier molecular flexibility index (Phi) is 5.80. The van der Waals surface area contributed by atoms with Crippen molar-refractivity contribution in [1.82, 2.24) is 9.80 Å². The van der Waals surface area contributed by atoms with Crippen LogP contribution in [-0.2, 0) is 22.4 Å². The fraction of sp³-hybridized carbons (Fsp3) is 0.583. The molecule has 0 unspecified atom stereocenters. The summed E-state index contributed by atoms with van der Waals surface area (Å²) in [5.74, 6) is 6.24. The van der Waals surface area contributed by atoms with Crippen LogP contribution in [0.25, 0.3) is 0 Å². The smallest absolute Gasteiger partial charge is 0.410 e. The van der Waals surface area contributed by atoms with Gasteiger partial charge in [-0.3, -0.25) is 4.79 Å². The number of nitrogens with zero attached hydrogens (tertiary/aromatic N) is 2. The average Bonchev–Trinajstić information content (AvgIpc) is 3.32. The van der Waals surface area contributed by atoms with Crippen LogP contribution in [0.1, 0.15) is 43.7 Å². The molecule has 2 amide bonds. The molecule has 0 aromatic heterocycles. The molecule has 1 spiro atoms. The molecule has 0 radical (unpaired) electrons. The summed E-state index contributed by atoms with van der Waals surface area (Å²) in [4.78, 5) is 28.9. The monoisotopic (exact) mass is 394 g/mol. The van der Waals surface area contributed by atoms with E-state index in [9.17, 15) is 9.59 Å². The highest BCUT2D eigenvalue weighted by atomic mass is 16.6. The summed E-state index contributed by atoms with van der Waals surface area (Å²) in [5, 5.41) is 0. The van der Waals surface area contributed by atoms with Gasteiger partial charge in [-0.15, -0.1) is 5.92 Å². The second-order valence-electron chi connectivity index (χ2n) is 8.78. The first kappa shape index (κ1) is 19.8. The zero-order chi connectivity index (χ0) is 20.3. The number of hydrogen-bond donors (Lipinski definition) is 0. The molecule has 1 aliphatic carbocycles. The lowest BCUT2D eigenvalue weighted by Gasteiger charge is -2.39. The van der Waals surface area contributed by atoms with E-state index in [4.69, 9.17) is 4.74 Å². The number of benzene rings is 1. The molecule has 0 atom stereocenters. The molecule has 5 nitrogen and oxygen atoms in total. The van der Waals surface area contributed by atoms with E-state index >= 15 is 0 Å². The molecule has 2 saturated heterocycles. The van der Waals surface area contributed by atoms with Crippen molar-refractivity contribution in [3.05, 3.63) is 35.4 Å². The van der Waals surface area contributed by atoms with Crippen molar-refractivity contribution in [1.29, 1.82) is 0 Å². The van der Waals surface area contributed by atoms with Crippen molar-refractivity contribution in [2.45, 2.75) is 45.4 Å². The van der Waals surface area contributed by atoms with Gasteiger partial charge in [0.1, 0.15) is 0 Å². The van der Waals surface area contributed by atoms with E-state index in [-0.39, 0.29) is 18.1 Å². The van der Waals surface area contributed by atoms with Crippen molar-refractivity contribution in [3.63, 3.8) is 0 Å². The second kappa shape index (κ2) is 8.49. The Hall–Kier alpha value is -2.48. The molecule has 1 aromatic rings. The van der Waals surface area contributed by atoms with E-state index in [1.54, 1.807) is 6.92 Å². The van der Waals surface area contributed by atoms with Gasteiger partial charge in [0.25, 0.3) is 0 Å². The molecule has 2 fully saturated rings. The van der Waals surface area contributed by atoms with Gasteiger partial charge in [0.15, 0.2) is 6.61 Å². The zero-order valence-corrected chi connectivity index (χ0v) is 17.3. The number of piperidine rings is 1. The van der Waals surface area contributed by atoms with Gasteiger partial charge in [-0.2, -0.15) is 0 Å². The third-order valence-corrected chi connectivity index (χ3v) is 6.92. The predicted octanol–water partition coefficient (Wildman–Crippen LogP) is 3.27. The number of rotatable bonds is 3. The van der Waals surface area contributed by atoms with E-state index in [2.05, 4.69) is 36.1 Å². The number of amides is 2. The van der Waals surface area contributed by atoms with Crippen LogP contribution in [0.5, 0.6) is 0 Å². The third kappa shape index (κ3) is 4.42. The first-order chi connectivity index (χ1) is 14.1. The Morgan fingerprint density at radius 2 is 1.69 bits per heavy atom. The molecule has 0 N–H and O–H groups in total. The fourth-order valence-electron chi connectivity index (χ4n) is 5.16. The first-order valence-corrected chi connectivity index (χ1v) is 10.7. The topological polar surface area (TPSA) is 49.9 Å². The molecule has 4 rings (SSSR count). The molecule has 3 aliphatic rings. The summed E-state index contributed by atoms with van der Waals surface area (Å²) in [6.07, 6.45) is 5.40. The minimum Gasteiger partial charge on any atom is -0.436 e. The summed E-state index contributed by atoms with van der Waals surface area (Å²) in [6, 6.07) is 8.56. The molecule has 1 aromatic carbocycles. The molecule has 5 heteroatoms. The van der Waals surface area contributed by atoms with Crippen LogP contribution in [0.2, 0.25) is 0 Å². The van der Waals surface area contributed by atoms with Crippen molar-refractivity contribution >= 4 is 12.0 Å². The minimum atomic E-state index is -0.260. The lowest BCUT2D eigenvalue weighted by molar-refractivity contribution is -0.134. The quantitative estimate of drug-likeness (QED) is 0.740. The van der Waals surface area contributed by atoms with Crippen molar-refractivity contribution < 1.29 is 14.3 Å². The number of carbonyl (C=O) groups is 2. The number of carbonyl (C=O) groups excluding carboxylic acids is 2. The highest BCUT2D eigenvalue weighted by molar-refractivity contribution is 5.76. The number of hydrogen-bond acceptors (Lipinski definition) is 3. The van der Waals surface area contributed by atoms with Crippen LogP contribution >= 0.6 is 0 Å².